The van der Waals surface area contributed by atoms with Crippen molar-refractivity contribution in [3.63, 3.8) is 0 Å². The first-order chi connectivity index (χ1) is 21.1. The fourth-order valence-corrected chi connectivity index (χ4v) is 7.72. The number of nitro benzene ring substituents is 1. The summed E-state index contributed by atoms with van der Waals surface area (Å²) in [4.78, 5) is 30.8. The number of nitrogen functional groups attached to an aromatic ring is 1. The quantitative estimate of drug-likeness (QED) is 0.131. The van der Waals surface area contributed by atoms with Crippen molar-refractivity contribution < 1.29 is 22.8 Å². The summed E-state index contributed by atoms with van der Waals surface area (Å²) in [6, 6.07) is 8.43. The lowest BCUT2D eigenvalue weighted by Crippen LogP contribution is -2.50. The molecule has 0 aliphatic carbocycles. The van der Waals surface area contributed by atoms with Gasteiger partial charge in [0.05, 0.1) is 41.1 Å². The lowest BCUT2D eigenvalue weighted by molar-refractivity contribution is -0.384. The number of anilines is 3. The van der Waals surface area contributed by atoms with Crippen molar-refractivity contribution in [2.75, 3.05) is 56.3 Å². The van der Waals surface area contributed by atoms with Gasteiger partial charge in [-0.2, -0.15) is 9.97 Å². The first-order valence-corrected chi connectivity index (χ1v) is 15.8. The minimum Gasteiger partial charge on any atom is -0.493 e. The number of thiazole rings is 1. The average Bonchev–Trinajstić information content (AvgIpc) is 3.64. The molecule has 44 heavy (non-hydrogen) atoms. The Hall–Kier alpha value is -4.81. The van der Waals surface area contributed by atoms with E-state index in [-0.39, 0.29) is 20.7 Å². The Labute approximate surface area is 259 Å². The number of benzene rings is 2. The number of aromatic amines is 1. The maximum Gasteiger partial charge on any atom is 0.269 e. The first-order valence-electron chi connectivity index (χ1n) is 13.1. The Morgan fingerprint density at radius 1 is 1.11 bits per heavy atom. The van der Waals surface area contributed by atoms with Crippen molar-refractivity contribution in [1.82, 2.24) is 24.8 Å². The van der Waals surface area contributed by atoms with Crippen LogP contribution in [0.15, 0.2) is 51.7 Å². The smallest absolute Gasteiger partial charge is 0.269 e. The summed E-state index contributed by atoms with van der Waals surface area (Å²) in [5, 5.41) is 16.3. The number of nitrogens with two attached hydrogens (primary N) is 1. The fourth-order valence-electron chi connectivity index (χ4n) is 4.95. The standard InChI is InChI=1S/C26H25N9O6S3/c1-40-18-11-16-17(12-19(18)41-2)29-22-21(16)23(31-24(27)30-22)33-7-9-34(10-8-33)26(42)32-25-28-13-20(43-25)44(38,39)15-5-3-14(4-6-15)35(36)37/h3-6,11-13H,7-10H2,1-2H3,(H,28,32,42)(H3,27,29,30,31). The second-order valence-corrected chi connectivity index (χ2v) is 13.2. The van der Waals surface area contributed by atoms with Gasteiger partial charge in [0.2, 0.25) is 15.8 Å². The number of rotatable bonds is 7. The molecule has 4 N–H and O–H groups in total. The molecule has 0 atom stereocenters. The van der Waals surface area contributed by atoms with Crippen LogP contribution in [0.2, 0.25) is 0 Å². The van der Waals surface area contributed by atoms with Gasteiger partial charge in [0.1, 0.15) is 15.7 Å². The molecule has 0 saturated carbocycles. The van der Waals surface area contributed by atoms with Gasteiger partial charge >= 0.3 is 0 Å². The van der Waals surface area contributed by atoms with Gasteiger partial charge in [-0.05, 0) is 30.4 Å². The van der Waals surface area contributed by atoms with Gasteiger partial charge in [-0.1, -0.05) is 11.3 Å². The molecule has 1 fully saturated rings. The van der Waals surface area contributed by atoms with Gasteiger partial charge in [0.15, 0.2) is 21.7 Å². The van der Waals surface area contributed by atoms with E-state index in [2.05, 4.69) is 30.2 Å². The highest BCUT2D eigenvalue weighted by Gasteiger charge is 2.26. The van der Waals surface area contributed by atoms with Gasteiger partial charge in [-0.25, -0.2) is 13.4 Å². The Morgan fingerprint density at radius 2 is 1.80 bits per heavy atom. The van der Waals surface area contributed by atoms with Crippen molar-refractivity contribution in [2.45, 2.75) is 9.10 Å². The highest BCUT2D eigenvalue weighted by molar-refractivity contribution is 7.93. The molecule has 3 aromatic heterocycles. The molecule has 1 saturated heterocycles. The van der Waals surface area contributed by atoms with Gasteiger partial charge in [0.25, 0.3) is 5.69 Å². The SMILES string of the molecule is COc1cc2[nH]c3nc(N)nc(N4CCN(C(=S)Nc5ncc(S(=O)(=O)c6ccc([N+](=O)[O-])cc6)s5)CC4)c3c2cc1OC. The number of thiocarbonyl (C=S) groups is 1. The largest absolute Gasteiger partial charge is 0.493 e. The van der Waals surface area contributed by atoms with Crippen LogP contribution >= 0.6 is 23.6 Å². The number of nitrogens with one attached hydrogen (secondary N) is 2. The number of ether oxygens (including phenoxy) is 2. The third-order valence-corrected chi connectivity index (χ3v) is 10.6. The van der Waals surface area contributed by atoms with Gasteiger partial charge < -0.3 is 35.3 Å². The van der Waals surface area contributed by atoms with Crippen molar-refractivity contribution in [2.24, 2.45) is 0 Å². The summed E-state index contributed by atoms with van der Waals surface area (Å²) in [5.41, 5.74) is 7.29. The summed E-state index contributed by atoms with van der Waals surface area (Å²) >= 11 is 6.54. The Kier molecular flexibility index (Phi) is 7.56. The van der Waals surface area contributed by atoms with E-state index in [1.165, 1.54) is 18.3 Å². The normalized spacial score (nSPS) is 13.8. The maximum atomic E-state index is 13.0. The Bertz CT molecular complexity index is 2020. The minimum absolute atomic E-state index is 0.0141. The zero-order valence-corrected chi connectivity index (χ0v) is 25.8. The highest BCUT2D eigenvalue weighted by Crippen LogP contribution is 2.39. The molecule has 0 amide bonds. The molecule has 0 radical (unpaired) electrons. The second kappa shape index (κ2) is 11.4. The van der Waals surface area contributed by atoms with E-state index < -0.39 is 14.8 Å². The predicted octanol–water partition coefficient (Wildman–Crippen LogP) is 3.43. The number of non-ortho nitro benzene ring substituents is 1. The summed E-state index contributed by atoms with van der Waals surface area (Å²) < 4.78 is 37.0. The summed E-state index contributed by atoms with van der Waals surface area (Å²) in [6.07, 6.45) is 1.24. The minimum atomic E-state index is -3.91. The van der Waals surface area contributed by atoms with Crippen LogP contribution in [0.25, 0.3) is 21.9 Å². The zero-order chi connectivity index (χ0) is 31.2. The van der Waals surface area contributed by atoms with Crippen molar-refractivity contribution >= 4 is 83.0 Å². The van der Waals surface area contributed by atoms with Crippen molar-refractivity contribution in [1.29, 1.82) is 0 Å². The van der Waals surface area contributed by atoms with Crippen LogP contribution in [0.4, 0.5) is 22.6 Å². The van der Waals surface area contributed by atoms with Gasteiger partial charge in [-0.15, -0.1) is 0 Å². The van der Waals surface area contributed by atoms with E-state index in [1.807, 2.05) is 17.0 Å². The lowest BCUT2D eigenvalue weighted by atomic mass is 10.1. The molecule has 0 bridgehead atoms. The topological polar surface area (TPSA) is 195 Å². The molecule has 2 aromatic carbocycles. The van der Waals surface area contributed by atoms with Crippen LogP contribution in [-0.2, 0) is 9.84 Å². The number of aromatic nitrogens is 4. The van der Waals surface area contributed by atoms with E-state index in [0.29, 0.717) is 59.4 Å². The number of hydrogen-bond donors (Lipinski definition) is 3. The number of nitrogens with zero attached hydrogens (tertiary/aromatic N) is 6. The van der Waals surface area contributed by atoms with Gasteiger partial charge in [0, 0.05) is 49.8 Å². The third-order valence-electron chi connectivity index (χ3n) is 7.14. The number of nitro groups is 1. The number of sulfone groups is 1. The first kappa shape index (κ1) is 29.3. The third kappa shape index (κ3) is 5.26. The number of hydrogen-bond acceptors (Lipinski definition) is 13. The van der Waals surface area contributed by atoms with Crippen LogP contribution in [0.5, 0.6) is 11.5 Å². The summed E-state index contributed by atoms with van der Waals surface area (Å²) in [7, 11) is -0.757. The lowest BCUT2D eigenvalue weighted by Gasteiger charge is -2.36. The van der Waals surface area contributed by atoms with Gasteiger partial charge in [-0.3, -0.25) is 10.1 Å². The van der Waals surface area contributed by atoms with E-state index in [4.69, 9.17) is 27.4 Å². The highest BCUT2D eigenvalue weighted by atomic mass is 32.2. The van der Waals surface area contributed by atoms with Crippen molar-refractivity contribution in [3.8, 4) is 11.5 Å². The predicted molar refractivity (Wildman–Crippen MR) is 170 cm³/mol. The van der Waals surface area contributed by atoms with Crippen LogP contribution in [0.3, 0.4) is 0 Å². The molecule has 0 unspecified atom stereocenters. The fraction of sp³-hybridized carbons (Fsp3) is 0.231. The Balaban J connectivity index is 1.16. The molecule has 1 aliphatic rings. The summed E-state index contributed by atoms with van der Waals surface area (Å²) in [6.45, 7) is 2.25. The average molecular weight is 656 g/mol. The number of methoxy groups -OCH3 is 2. The van der Waals surface area contributed by atoms with E-state index in [1.54, 1.807) is 14.2 Å². The molecule has 1 aliphatic heterocycles. The number of H-pyrrole nitrogens is 1. The second-order valence-electron chi connectivity index (χ2n) is 9.65. The maximum absolute atomic E-state index is 13.0. The molecule has 4 heterocycles. The molecule has 5 aromatic rings. The molecule has 15 nitrogen and oxygen atoms in total. The number of piperazine rings is 1. The molecular weight excluding hydrogens is 631 g/mol. The van der Waals surface area contributed by atoms with Crippen LogP contribution < -0.4 is 25.4 Å². The van der Waals surface area contributed by atoms with Crippen LogP contribution in [0.1, 0.15) is 0 Å². The number of fused-ring (bicyclic) bond motifs is 3. The van der Waals surface area contributed by atoms with E-state index >= 15 is 0 Å². The Morgan fingerprint density at radius 3 is 2.45 bits per heavy atom. The molecule has 228 valence electrons. The van der Waals surface area contributed by atoms with Crippen LogP contribution in [0, 0.1) is 10.1 Å². The van der Waals surface area contributed by atoms with E-state index in [0.717, 1.165) is 39.8 Å². The van der Waals surface area contributed by atoms with Crippen molar-refractivity contribution in [3.05, 3.63) is 52.7 Å². The molecule has 6 rings (SSSR count). The van der Waals surface area contributed by atoms with Crippen LogP contribution in [-0.4, -0.2) is 83.7 Å². The zero-order valence-electron chi connectivity index (χ0n) is 23.3. The molecule has 18 heteroatoms. The summed E-state index contributed by atoms with van der Waals surface area (Å²) in [5.74, 6) is 1.99. The van der Waals surface area contributed by atoms with E-state index in [9.17, 15) is 18.5 Å². The molecular formula is C26H25N9O6S3. The molecule has 0 spiro atoms. The monoisotopic (exact) mass is 655 g/mol.